The van der Waals surface area contributed by atoms with Crippen LogP contribution in [0.1, 0.15) is 20.3 Å². The van der Waals surface area contributed by atoms with Gasteiger partial charge in [-0.2, -0.15) is 0 Å². The van der Waals surface area contributed by atoms with Crippen molar-refractivity contribution in [1.82, 2.24) is 0 Å². The molecule has 76 valence electrons. The van der Waals surface area contributed by atoms with Crippen molar-refractivity contribution >= 4 is 5.71 Å². The number of nitrogens with zero attached hydrogens (tertiary/aromatic N) is 1. The quantitative estimate of drug-likeness (QED) is 0.462. The summed E-state index contributed by atoms with van der Waals surface area (Å²) in [5.74, 6) is 0. The van der Waals surface area contributed by atoms with Crippen LogP contribution in [0.25, 0.3) is 0 Å². The van der Waals surface area contributed by atoms with Gasteiger partial charge in [0.2, 0.25) is 0 Å². The summed E-state index contributed by atoms with van der Waals surface area (Å²) < 4.78 is 0. The fraction of sp³-hybridized carbons (Fsp3) is 0.308. The lowest BCUT2D eigenvalue weighted by Gasteiger charge is -2.03. The van der Waals surface area contributed by atoms with Crippen LogP contribution in [0.4, 0.5) is 0 Å². The van der Waals surface area contributed by atoms with Crippen molar-refractivity contribution in [1.29, 1.82) is 0 Å². The van der Waals surface area contributed by atoms with Gasteiger partial charge in [-0.15, -0.1) is 0 Å². The van der Waals surface area contributed by atoms with Crippen molar-refractivity contribution in [3.05, 3.63) is 48.6 Å². The fourth-order valence-corrected chi connectivity index (χ4v) is 1.03. The van der Waals surface area contributed by atoms with E-state index in [0.717, 1.165) is 17.7 Å². The summed E-state index contributed by atoms with van der Waals surface area (Å²) >= 11 is 0. The third kappa shape index (κ3) is 4.61. The van der Waals surface area contributed by atoms with Gasteiger partial charge in [0.1, 0.15) is 0 Å². The molecule has 0 N–H and O–H groups in total. The third-order valence-corrected chi connectivity index (χ3v) is 1.96. The molecule has 0 aromatic rings. The summed E-state index contributed by atoms with van der Waals surface area (Å²) in [4.78, 5) is 4.09. The molecule has 0 rings (SSSR count). The van der Waals surface area contributed by atoms with Crippen molar-refractivity contribution in [2.75, 3.05) is 7.05 Å². The van der Waals surface area contributed by atoms with E-state index >= 15 is 0 Å². The van der Waals surface area contributed by atoms with E-state index in [1.165, 1.54) is 5.57 Å². The molecule has 0 saturated carbocycles. The molecular weight excluding hydrogens is 170 g/mol. The maximum atomic E-state index is 4.09. The van der Waals surface area contributed by atoms with Gasteiger partial charge in [0.15, 0.2) is 0 Å². The molecule has 0 atom stereocenters. The summed E-state index contributed by atoms with van der Waals surface area (Å²) in [6.07, 6.45) is 8.64. The first-order valence-electron chi connectivity index (χ1n) is 4.78. The van der Waals surface area contributed by atoms with E-state index in [4.69, 9.17) is 0 Å². The van der Waals surface area contributed by atoms with Crippen LogP contribution >= 0.6 is 0 Å². The molecule has 0 aromatic heterocycles. The molecule has 0 aliphatic carbocycles. The minimum Gasteiger partial charge on any atom is -0.293 e. The highest BCUT2D eigenvalue weighted by Crippen LogP contribution is 2.13. The Labute approximate surface area is 87.3 Å². The van der Waals surface area contributed by atoms with Crippen LogP contribution in [0, 0.1) is 0 Å². The number of hydrogen-bond acceptors (Lipinski definition) is 1. The molecule has 0 aliphatic heterocycles. The highest BCUT2D eigenvalue weighted by molar-refractivity contribution is 5.94. The first-order valence-corrected chi connectivity index (χ1v) is 4.78. The number of rotatable bonds is 5. The topological polar surface area (TPSA) is 12.4 Å². The third-order valence-electron chi connectivity index (χ3n) is 1.96. The van der Waals surface area contributed by atoms with E-state index in [1.54, 1.807) is 13.1 Å². The van der Waals surface area contributed by atoms with E-state index in [9.17, 15) is 0 Å². The zero-order valence-corrected chi connectivity index (χ0v) is 9.38. The van der Waals surface area contributed by atoms with E-state index in [-0.39, 0.29) is 0 Å². The molecule has 0 bridgehead atoms. The SMILES string of the molecule is C=C/C=C\C(=C)/C(=C/C(C)=NC)CC. The maximum absolute atomic E-state index is 4.09. The van der Waals surface area contributed by atoms with Gasteiger partial charge in [-0.25, -0.2) is 0 Å². The van der Waals surface area contributed by atoms with Crippen molar-refractivity contribution in [3.63, 3.8) is 0 Å². The van der Waals surface area contributed by atoms with Gasteiger partial charge in [0, 0.05) is 12.8 Å². The van der Waals surface area contributed by atoms with Gasteiger partial charge < -0.3 is 0 Å². The van der Waals surface area contributed by atoms with E-state index in [0.29, 0.717) is 0 Å². The molecule has 0 aromatic carbocycles. The smallest absolute Gasteiger partial charge is 0.0316 e. The molecule has 0 heterocycles. The average molecular weight is 189 g/mol. The van der Waals surface area contributed by atoms with Crippen LogP contribution in [0.5, 0.6) is 0 Å². The molecule has 14 heavy (non-hydrogen) atoms. The highest BCUT2D eigenvalue weighted by Gasteiger charge is 1.96. The van der Waals surface area contributed by atoms with Crippen LogP contribution in [0.15, 0.2) is 53.6 Å². The molecule has 0 radical (unpaired) electrons. The van der Waals surface area contributed by atoms with Gasteiger partial charge in [-0.05, 0) is 30.6 Å². The van der Waals surface area contributed by atoms with Crippen molar-refractivity contribution < 1.29 is 0 Å². The number of aliphatic imine (C=N–C) groups is 1. The lowest BCUT2D eigenvalue weighted by Crippen LogP contribution is -1.90. The molecule has 0 aliphatic rings. The van der Waals surface area contributed by atoms with Gasteiger partial charge in [0.05, 0.1) is 0 Å². The monoisotopic (exact) mass is 189 g/mol. The molecule has 0 amide bonds. The van der Waals surface area contributed by atoms with Gasteiger partial charge in [-0.3, -0.25) is 4.99 Å². The minimum absolute atomic E-state index is 0.965. The molecule has 0 fully saturated rings. The Hall–Kier alpha value is -1.37. The van der Waals surface area contributed by atoms with Crippen LogP contribution in [0.3, 0.4) is 0 Å². The Balaban J connectivity index is 4.72. The lowest BCUT2D eigenvalue weighted by molar-refractivity contribution is 1.13. The molecule has 0 spiro atoms. The second-order valence-electron chi connectivity index (χ2n) is 3.01. The van der Waals surface area contributed by atoms with Gasteiger partial charge >= 0.3 is 0 Å². The first-order chi connectivity index (χ1) is 6.65. The second-order valence-corrected chi connectivity index (χ2v) is 3.01. The van der Waals surface area contributed by atoms with Crippen molar-refractivity contribution in [2.24, 2.45) is 4.99 Å². The lowest BCUT2D eigenvalue weighted by atomic mass is 10.0. The number of allylic oxidation sites excluding steroid dienone is 6. The molecule has 0 saturated heterocycles. The van der Waals surface area contributed by atoms with Crippen LogP contribution < -0.4 is 0 Å². The van der Waals surface area contributed by atoms with Crippen molar-refractivity contribution in [2.45, 2.75) is 20.3 Å². The summed E-state index contributed by atoms with van der Waals surface area (Å²) in [5.41, 5.74) is 3.26. The summed E-state index contributed by atoms with van der Waals surface area (Å²) in [7, 11) is 1.79. The first kappa shape index (κ1) is 12.6. The molecule has 0 unspecified atom stereocenters. The summed E-state index contributed by atoms with van der Waals surface area (Å²) in [5, 5.41) is 0. The molecule has 1 nitrogen and oxygen atoms in total. The van der Waals surface area contributed by atoms with E-state index < -0.39 is 0 Å². The number of hydrogen-bond donors (Lipinski definition) is 0. The van der Waals surface area contributed by atoms with Crippen LogP contribution in [-0.2, 0) is 0 Å². The van der Waals surface area contributed by atoms with Gasteiger partial charge in [-0.1, -0.05) is 38.3 Å². The van der Waals surface area contributed by atoms with Crippen LogP contribution in [-0.4, -0.2) is 12.8 Å². The second kappa shape index (κ2) is 7.07. The van der Waals surface area contributed by atoms with Crippen molar-refractivity contribution in [3.8, 4) is 0 Å². The Bertz CT molecular complexity index is 290. The maximum Gasteiger partial charge on any atom is 0.0316 e. The Morgan fingerprint density at radius 3 is 2.50 bits per heavy atom. The van der Waals surface area contributed by atoms with E-state index in [1.807, 2.05) is 19.1 Å². The minimum atomic E-state index is 0.965. The van der Waals surface area contributed by atoms with E-state index in [2.05, 4.69) is 31.2 Å². The summed E-state index contributed by atoms with van der Waals surface area (Å²) in [6, 6.07) is 0. The summed E-state index contributed by atoms with van der Waals surface area (Å²) in [6.45, 7) is 11.7. The zero-order valence-electron chi connectivity index (χ0n) is 9.38. The normalized spacial score (nSPS) is 13.4. The average Bonchev–Trinajstić information content (AvgIpc) is 2.21. The predicted octanol–water partition coefficient (Wildman–Crippen LogP) is 3.71. The molecule has 1 heteroatoms. The standard InChI is InChI=1S/C13H19N/c1-6-8-9-11(3)13(7-2)10-12(4)14-5/h6,8-10H,1,3,7H2,2,4-5H3/b9-8-,13-10+,14-12?. The largest absolute Gasteiger partial charge is 0.293 e. The van der Waals surface area contributed by atoms with Gasteiger partial charge in [0.25, 0.3) is 0 Å². The predicted molar refractivity (Wildman–Crippen MR) is 65.9 cm³/mol. The Kier molecular flexibility index (Phi) is 6.38. The molecular formula is C13H19N. The Morgan fingerprint density at radius 1 is 1.43 bits per heavy atom. The fourth-order valence-electron chi connectivity index (χ4n) is 1.03. The Morgan fingerprint density at radius 2 is 2.07 bits per heavy atom. The zero-order chi connectivity index (χ0) is 11.0. The van der Waals surface area contributed by atoms with Crippen LogP contribution in [0.2, 0.25) is 0 Å². The highest BCUT2D eigenvalue weighted by atomic mass is 14.7.